The number of hydrogen-bond acceptors (Lipinski definition) is 4. The Kier molecular flexibility index (Phi) is 10.6. The van der Waals surface area contributed by atoms with Crippen molar-refractivity contribution in [2.24, 2.45) is 0 Å². The lowest BCUT2D eigenvalue weighted by Crippen LogP contribution is -2.37. The first-order valence-electron chi connectivity index (χ1n) is 18.4. The van der Waals surface area contributed by atoms with Crippen molar-refractivity contribution in [1.29, 1.82) is 0 Å². The molecular weight excluding hydrogens is 665 g/mol. The number of quaternary nitrogens is 1. The third-order valence-electron chi connectivity index (χ3n) is 11.0. The van der Waals surface area contributed by atoms with Crippen molar-refractivity contribution in [3.05, 3.63) is 136 Å². The summed E-state index contributed by atoms with van der Waals surface area (Å²) in [6, 6.07) is 25.6. The van der Waals surface area contributed by atoms with Crippen LogP contribution in [0.4, 0.5) is 11.4 Å². The number of allylic oxidation sites excluding steroid dienone is 8. The van der Waals surface area contributed by atoms with Gasteiger partial charge in [-0.3, -0.25) is 9.05 Å². The van der Waals surface area contributed by atoms with Crippen LogP contribution in [0.3, 0.4) is 0 Å². The quantitative estimate of drug-likeness (QED) is 0.122. The summed E-state index contributed by atoms with van der Waals surface area (Å²) in [6.45, 7) is 9.96. The molecule has 8 heteroatoms. The van der Waals surface area contributed by atoms with Crippen LogP contribution < -0.4 is 4.90 Å². The van der Waals surface area contributed by atoms with E-state index in [9.17, 15) is 9.46 Å². The second-order valence-corrected chi connectivity index (χ2v) is 17.9. The van der Waals surface area contributed by atoms with E-state index in [1.807, 2.05) is 33.3 Å². The van der Waals surface area contributed by atoms with Gasteiger partial charge in [-0.05, 0) is 78.7 Å². The van der Waals surface area contributed by atoms with E-state index < -0.39 is 7.82 Å². The molecule has 0 bridgehead atoms. The van der Waals surface area contributed by atoms with Gasteiger partial charge in [0.25, 0.3) is 0 Å². The number of anilines is 1. The number of phosphoric ester groups is 1. The van der Waals surface area contributed by atoms with E-state index in [1.165, 1.54) is 50.6 Å². The van der Waals surface area contributed by atoms with Gasteiger partial charge in [0.05, 0.1) is 33.2 Å². The summed E-state index contributed by atoms with van der Waals surface area (Å²) in [6.07, 6.45) is 12.3. The van der Waals surface area contributed by atoms with Crippen LogP contribution in [0, 0.1) is 0 Å². The molecule has 274 valence electrons. The summed E-state index contributed by atoms with van der Waals surface area (Å²) in [4.78, 5) is 12.6. The van der Waals surface area contributed by atoms with E-state index in [2.05, 4.69) is 136 Å². The number of hydrogen-bond donors (Lipinski definition) is 1. The molecule has 6 rings (SSSR count). The first-order chi connectivity index (χ1) is 24.5. The Morgan fingerprint density at radius 3 is 2.21 bits per heavy atom. The van der Waals surface area contributed by atoms with Crippen LogP contribution in [0.25, 0.3) is 5.57 Å². The Morgan fingerprint density at radius 2 is 1.54 bits per heavy atom. The van der Waals surface area contributed by atoms with Crippen LogP contribution in [0.1, 0.15) is 69.2 Å². The van der Waals surface area contributed by atoms with Gasteiger partial charge in [-0.2, -0.15) is 4.58 Å². The number of rotatable bonds is 11. The fourth-order valence-electron chi connectivity index (χ4n) is 7.98. The minimum absolute atomic E-state index is 0.0126. The van der Waals surface area contributed by atoms with Crippen LogP contribution in [0.5, 0.6) is 0 Å². The fraction of sp³-hybridized carbons (Fsp3) is 0.386. The lowest BCUT2D eigenvalue weighted by atomic mass is 9.79. The van der Waals surface area contributed by atoms with E-state index in [0.717, 1.165) is 30.4 Å². The molecule has 2 heterocycles. The molecule has 0 radical (unpaired) electrons. The standard InChI is InChI=1S/C44H55N3O4P/c1-43(2)36-17-10-12-19-38(36)45(5)40(43)27-25-33-15-14-16-34(26-28-41-44(3,4)37-18-11-13-20-39(37)46(41)6)42(33)35-23-21-32(22-24-35)31-51-52(48,49)50-30-29-47(7,8)9/h10-13,17-28H,14-16,29-31H2,1-9H3/q+1/p+1. The molecule has 1 unspecified atom stereocenters. The molecular formula is C44H56N3O4P+2. The molecule has 0 spiro atoms. The monoisotopic (exact) mass is 721 g/mol. The molecule has 3 aliphatic rings. The minimum atomic E-state index is -4.17. The molecule has 2 aliphatic heterocycles. The summed E-state index contributed by atoms with van der Waals surface area (Å²) >= 11 is 0. The van der Waals surface area contributed by atoms with Gasteiger partial charge in [0.15, 0.2) is 5.71 Å². The van der Waals surface area contributed by atoms with Gasteiger partial charge >= 0.3 is 7.82 Å². The third kappa shape index (κ3) is 7.76. The summed E-state index contributed by atoms with van der Waals surface area (Å²) in [7, 11) is 6.18. The Balaban J connectivity index is 1.34. The van der Waals surface area contributed by atoms with Gasteiger partial charge in [-0.15, -0.1) is 0 Å². The number of phosphoric acid groups is 1. The maximum absolute atomic E-state index is 12.6. The van der Waals surface area contributed by atoms with Crippen LogP contribution in [0.15, 0.2) is 114 Å². The number of para-hydroxylation sites is 2. The predicted molar refractivity (Wildman–Crippen MR) is 214 cm³/mol. The van der Waals surface area contributed by atoms with Crippen LogP contribution in [-0.4, -0.2) is 68.1 Å². The molecule has 1 N–H and O–H groups in total. The molecule has 1 aliphatic carbocycles. The summed E-state index contributed by atoms with van der Waals surface area (Å²) in [5, 5.41) is 0. The zero-order chi connectivity index (χ0) is 37.5. The number of nitrogens with zero attached hydrogens (tertiary/aromatic N) is 3. The number of benzene rings is 3. The normalized spacial score (nSPS) is 21.0. The third-order valence-corrected chi connectivity index (χ3v) is 11.9. The Bertz CT molecular complexity index is 2040. The summed E-state index contributed by atoms with van der Waals surface area (Å²) < 4.78 is 26.2. The fourth-order valence-corrected chi connectivity index (χ4v) is 8.68. The highest BCUT2D eigenvalue weighted by Crippen LogP contribution is 2.48. The molecule has 0 amide bonds. The van der Waals surface area contributed by atoms with Crippen LogP contribution in [-0.2, 0) is 31.0 Å². The first-order valence-corrected chi connectivity index (χ1v) is 19.9. The summed E-state index contributed by atoms with van der Waals surface area (Å²) in [5.74, 6) is 0. The zero-order valence-electron chi connectivity index (χ0n) is 32.4. The topological polar surface area (TPSA) is 62.0 Å². The smallest absolute Gasteiger partial charge is 0.347 e. The highest BCUT2D eigenvalue weighted by atomic mass is 31.2. The average Bonchev–Trinajstić information content (AvgIpc) is 3.41. The van der Waals surface area contributed by atoms with Crippen LogP contribution >= 0.6 is 7.82 Å². The molecule has 0 aromatic heterocycles. The maximum Gasteiger partial charge on any atom is 0.472 e. The largest absolute Gasteiger partial charge is 0.472 e. The molecule has 52 heavy (non-hydrogen) atoms. The first kappa shape index (κ1) is 37.9. The highest BCUT2D eigenvalue weighted by molar-refractivity contribution is 7.47. The molecule has 1 atom stereocenters. The molecule has 0 saturated heterocycles. The van der Waals surface area contributed by atoms with E-state index in [-0.39, 0.29) is 24.0 Å². The minimum Gasteiger partial charge on any atom is -0.347 e. The Labute approximate surface area is 311 Å². The Morgan fingerprint density at radius 1 is 0.865 bits per heavy atom. The second kappa shape index (κ2) is 14.5. The highest BCUT2D eigenvalue weighted by Gasteiger charge is 2.42. The summed E-state index contributed by atoms with van der Waals surface area (Å²) in [5.41, 5.74) is 13.3. The van der Waals surface area contributed by atoms with Crippen molar-refractivity contribution in [2.75, 3.05) is 53.3 Å². The van der Waals surface area contributed by atoms with Crippen molar-refractivity contribution in [2.45, 2.75) is 64.4 Å². The molecule has 3 aromatic rings. The van der Waals surface area contributed by atoms with E-state index in [0.29, 0.717) is 11.0 Å². The lowest BCUT2D eigenvalue weighted by Gasteiger charge is -2.25. The van der Waals surface area contributed by atoms with Crippen molar-refractivity contribution < 1.29 is 27.6 Å². The number of likely N-dealkylation sites (N-methyl/N-ethyl adjacent to an activating group) is 2. The molecule has 7 nitrogen and oxygen atoms in total. The second-order valence-electron chi connectivity index (χ2n) is 16.4. The zero-order valence-corrected chi connectivity index (χ0v) is 33.3. The maximum atomic E-state index is 12.6. The van der Waals surface area contributed by atoms with E-state index in [1.54, 1.807) is 0 Å². The van der Waals surface area contributed by atoms with Gasteiger partial charge in [0.2, 0.25) is 5.69 Å². The SMILES string of the molecule is CN1C(=CC=C2CCCC(C=CC3=[N+](C)c4ccccc4C3(C)C)=C2c2ccc(COP(=O)(O)OCC[N+](C)(C)C)cc2)C(C)(C)c2ccccc21. The van der Waals surface area contributed by atoms with Crippen molar-refractivity contribution in [1.82, 2.24) is 0 Å². The van der Waals surface area contributed by atoms with E-state index >= 15 is 0 Å². The van der Waals surface area contributed by atoms with Crippen LogP contribution in [0.2, 0.25) is 0 Å². The Hall–Kier alpha value is -3.84. The van der Waals surface area contributed by atoms with Crippen molar-refractivity contribution >= 4 is 30.5 Å². The van der Waals surface area contributed by atoms with E-state index in [4.69, 9.17) is 9.05 Å². The van der Waals surface area contributed by atoms with Crippen molar-refractivity contribution in [3.8, 4) is 0 Å². The van der Waals surface area contributed by atoms with Crippen molar-refractivity contribution in [3.63, 3.8) is 0 Å². The van der Waals surface area contributed by atoms with Gasteiger partial charge < -0.3 is 14.3 Å². The lowest BCUT2D eigenvalue weighted by molar-refractivity contribution is -0.870. The number of fused-ring (bicyclic) bond motifs is 2. The molecule has 0 fully saturated rings. The molecule has 0 saturated carbocycles. The van der Waals surface area contributed by atoms with Gasteiger partial charge in [-0.1, -0.05) is 86.7 Å². The van der Waals surface area contributed by atoms with Gasteiger partial charge in [0.1, 0.15) is 20.2 Å². The van der Waals surface area contributed by atoms with Gasteiger partial charge in [0, 0.05) is 41.6 Å². The average molecular weight is 722 g/mol. The van der Waals surface area contributed by atoms with Gasteiger partial charge in [-0.25, -0.2) is 4.57 Å². The molecule has 3 aromatic carbocycles. The predicted octanol–water partition coefficient (Wildman–Crippen LogP) is 9.46.